The number of benzene rings is 9. The number of nitrogens with zero attached hydrogens (tertiary/aromatic N) is 2. The van der Waals surface area contributed by atoms with Crippen molar-refractivity contribution in [2.45, 2.75) is 26.5 Å². The molecule has 11 aromatic rings. The molecule has 0 atom stereocenters. The first-order valence-corrected chi connectivity index (χ1v) is 20.8. The van der Waals surface area contributed by atoms with Gasteiger partial charge in [0.05, 0.1) is 28.1 Å². The zero-order valence-electron chi connectivity index (χ0n) is 30.6. The molecular formula is C51H30N2O2S2. The molecule has 0 unspecified atom stereocenters. The largest absolute Gasteiger partial charge is 0.456 e. The first-order chi connectivity index (χ1) is 28.1. The number of hydrogen-bond acceptors (Lipinski definition) is 6. The van der Waals surface area contributed by atoms with Gasteiger partial charge in [0.1, 0.15) is 22.3 Å². The fourth-order valence-electron chi connectivity index (χ4n) is 9.03. The van der Waals surface area contributed by atoms with Crippen molar-refractivity contribution >= 4 is 123 Å². The molecule has 57 heavy (non-hydrogen) atoms. The van der Waals surface area contributed by atoms with Crippen molar-refractivity contribution in [2.24, 2.45) is 0 Å². The van der Waals surface area contributed by atoms with Crippen molar-refractivity contribution < 1.29 is 8.83 Å². The second kappa shape index (κ2) is 11.7. The number of furan rings is 2. The maximum absolute atomic E-state index is 6.88. The molecule has 4 heterocycles. The Balaban J connectivity index is 0.963. The molecule has 2 aliphatic heterocycles. The lowest BCUT2D eigenvalue weighted by atomic mass is 10.0. The number of anilines is 6. The smallest absolute Gasteiger partial charge is 0.147 e. The van der Waals surface area contributed by atoms with Crippen LogP contribution < -0.4 is 9.80 Å². The summed E-state index contributed by atoms with van der Waals surface area (Å²) in [6.45, 7) is 2.14. The highest BCUT2D eigenvalue weighted by molar-refractivity contribution is 8.00. The summed E-state index contributed by atoms with van der Waals surface area (Å²) in [5.74, 6) is 0. The minimum absolute atomic E-state index is 0.857. The summed E-state index contributed by atoms with van der Waals surface area (Å²) in [5, 5.41) is 8.91. The lowest BCUT2D eigenvalue weighted by Gasteiger charge is -2.33. The molecule has 0 saturated carbocycles. The van der Waals surface area contributed by atoms with E-state index in [9.17, 15) is 0 Å². The van der Waals surface area contributed by atoms with Gasteiger partial charge in [-0.1, -0.05) is 84.2 Å². The highest BCUT2D eigenvalue weighted by Gasteiger charge is 2.27. The molecule has 0 spiro atoms. The fraction of sp³-hybridized carbons (Fsp3) is 0.0196. The Hall–Kier alpha value is -6.60. The molecule has 13 rings (SSSR count). The summed E-state index contributed by atoms with van der Waals surface area (Å²) in [7, 11) is 0. The number of para-hydroxylation sites is 4. The molecular weight excluding hydrogens is 737 g/mol. The van der Waals surface area contributed by atoms with E-state index < -0.39 is 0 Å². The van der Waals surface area contributed by atoms with Gasteiger partial charge in [0, 0.05) is 47.1 Å². The van der Waals surface area contributed by atoms with Crippen LogP contribution >= 0.6 is 23.5 Å². The molecule has 0 N–H and O–H groups in total. The van der Waals surface area contributed by atoms with Gasteiger partial charge < -0.3 is 18.6 Å². The summed E-state index contributed by atoms with van der Waals surface area (Å²) in [4.78, 5) is 9.76. The van der Waals surface area contributed by atoms with Crippen molar-refractivity contribution in [2.75, 3.05) is 9.80 Å². The van der Waals surface area contributed by atoms with Crippen molar-refractivity contribution in [1.29, 1.82) is 0 Å². The van der Waals surface area contributed by atoms with E-state index in [0.29, 0.717) is 0 Å². The summed E-state index contributed by atoms with van der Waals surface area (Å²) in [5.41, 5.74) is 11.6. The number of rotatable bonds is 2. The van der Waals surface area contributed by atoms with Crippen molar-refractivity contribution in [3.05, 3.63) is 169 Å². The van der Waals surface area contributed by atoms with E-state index in [0.717, 1.165) is 77.0 Å². The monoisotopic (exact) mass is 766 g/mol. The van der Waals surface area contributed by atoms with Gasteiger partial charge in [-0.25, -0.2) is 0 Å². The Morgan fingerprint density at radius 2 is 0.825 bits per heavy atom. The average Bonchev–Trinajstić information content (AvgIpc) is 3.80. The molecule has 6 heteroatoms. The van der Waals surface area contributed by atoms with Crippen molar-refractivity contribution in [1.82, 2.24) is 0 Å². The highest BCUT2D eigenvalue weighted by Crippen LogP contribution is 2.53. The molecule has 2 aliphatic rings. The zero-order valence-corrected chi connectivity index (χ0v) is 32.2. The lowest BCUT2D eigenvalue weighted by molar-refractivity contribution is 0.661. The fourth-order valence-corrected chi connectivity index (χ4v) is 11.1. The van der Waals surface area contributed by atoms with Gasteiger partial charge >= 0.3 is 0 Å². The van der Waals surface area contributed by atoms with Gasteiger partial charge in [-0.05, 0) is 137 Å². The number of aryl methyl sites for hydroxylation is 1. The minimum Gasteiger partial charge on any atom is -0.456 e. The summed E-state index contributed by atoms with van der Waals surface area (Å²) in [6, 6.07) is 59.3. The zero-order chi connectivity index (χ0) is 37.4. The Kier molecular flexibility index (Phi) is 6.49. The van der Waals surface area contributed by atoms with E-state index in [1.165, 1.54) is 47.7 Å². The van der Waals surface area contributed by atoms with E-state index in [-0.39, 0.29) is 0 Å². The first kappa shape index (κ1) is 31.6. The standard InChI is InChI=1S/C51H30N2O2S2/c1-29-22-37-36-25-30-18-20-34(52-39-10-2-6-14-45(39)56-46-15-7-3-11-40(46)52)23-32(30)27-43(36)55-51(37)49-38-26-31-19-21-35(24-33(31)28-44(38)54-50(29)49)53-41-12-4-8-16-47(41)57-48-17-9-5-13-42(48)53/h2-28H,1H3. The molecule has 0 fully saturated rings. The van der Waals surface area contributed by atoms with Gasteiger partial charge in [0.25, 0.3) is 0 Å². The summed E-state index contributed by atoms with van der Waals surface area (Å²) >= 11 is 3.65. The van der Waals surface area contributed by atoms with E-state index in [2.05, 4.69) is 181 Å². The summed E-state index contributed by atoms with van der Waals surface area (Å²) in [6.07, 6.45) is 0. The Morgan fingerprint density at radius 1 is 0.386 bits per heavy atom. The predicted molar refractivity (Wildman–Crippen MR) is 238 cm³/mol. The molecule has 0 saturated heterocycles. The molecule has 0 amide bonds. The normalized spacial score (nSPS) is 13.5. The minimum atomic E-state index is 0.857. The molecule has 0 bridgehead atoms. The highest BCUT2D eigenvalue weighted by atomic mass is 32.2. The molecule has 0 aliphatic carbocycles. The van der Waals surface area contributed by atoms with Gasteiger partial charge in [0.2, 0.25) is 0 Å². The second-order valence-electron chi connectivity index (χ2n) is 15.0. The van der Waals surface area contributed by atoms with Gasteiger partial charge in [-0.3, -0.25) is 0 Å². The van der Waals surface area contributed by atoms with Crippen LogP contribution in [0.15, 0.2) is 192 Å². The molecule has 4 nitrogen and oxygen atoms in total. The number of hydrogen-bond donors (Lipinski definition) is 0. The van der Waals surface area contributed by atoms with E-state index >= 15 is 0 Å². The van der Waals surface area contributed by atoms with E-state index in [1.54, 1.807) is 0 Å². The van der Waals surface area contributed by atoms with Crippen LogP contribution in [0.2, 0.25) is 0 Å². The molecule has 0 radical (unpaired) electrons. The third-order valence-electron chi connectivity index (χ3n) is 11.6. The first-order valence-electron chi connectivity index (χ1n) is 19.1. The van der Waals surface area contributed by atoms with Crippen LogP contribution in [0.4, 0.5) is 34.1 Å². The molecule has 268 valence electrons. The maximum atomic E-state index is 6.88. The van der Waals surface area contributed by atoms with Crippen LogP contribution in [0, 0.1) is 6.92 Å². The van der Waals surface area contributed by atoms with Gasteiger partial charge in [-0.2, -0.15) is 0 Å². The second-order valence-corrected chi connectivity index (χ2v) is 17.2. The molecule has 9 aromatic carbocycles. The average molecular weight is 767 g/mol. The topological polar surface area (TPSA) is 32.8 Å². The third-order valence-corrected chi connectivity index (χ3v) is 13.9. The van der Waals surface area contributed by atoms with Crippen LogP contribution in [0.1, 0.15) is 5.56 Å². The van der Waals surface area contributed by atoms with Crippen LogP contribution in [-0.4, -0.2) is 0 Å². The van der Waals surface area contributed by atoms with Crippen LogP contribution in [0.3, 0.4) is 0 Å². The Morgan fingerprint density at radius 3 is 1.33 bits per heavy atom. The van der Waals surface area contributed by atoms with E-state index in [4.69, 9.17) is 8.83 Å². The SMILES string of the molecule is Cc1cc2c3cc4ccc(N5c6ccccc6Sc6ccccc65)cc4cc3oc2c2c1oc1cc3cc(N4c5ccccc5Sc5ccccc54)ccc3cc12. The van der Waals surface area contributed by atoms with Crippen molar-refractivity contribution in [3.8, 4) is 0 Å². The third kappa shape index (κ3) is 4.60. The summed E-state index contributed by atoms with van der Waals surface area (Å²) < 4.78 is 13.6. The Bertz CT molecular complexity index is 3440. The van der Waals surface area contributed by atoms with Crippen molar-refractivity contribution in [3.63, 3.8) is 0 Å². The lowest BCUT2D eigenvalue weighted by Crippen LogP contribution is -2.14. The number of fused-ring (bicyclic) bond motifs is 13. The maximum Gasteiger partial charge on any atom is 0.147 e. The van der Waals surface area contributed by atoms with Crippen LogP contribution in [0.5, 0.6) is 0 Å². The van der Waals surface area contributed by atoms with Gasteiger partial charge in [0.15, 0.2) is 0 Å². The van der Waals surface area contributed by atoms with E-state index in [1.807, 2.05) is 23.5 Å². The predicted octanol–water partition coefficient (Wildman–Crippen LogP) is 16.0. The van der Waals surface area contributed by atoms with Crippen LogP contribution in [0.25, 0.3) is 65.4 Å². The quantitative estimate of drug-likeness (QED) is 0.174. The van der Waals surface area contributed by atoms with Crippen LogP contribution in [-0.2, 0) is 0 Å². The Labute approximate surface area is 335 Å². The molecule has 2 aromatic heterocycles. The van der Waals surface area contributed by atoms with Gasteiger partial charge in [-0.15, -0.1) is 0 Å².